The van der Waals surface area contributed by atoms with E-state index in [2.05, 4.69) is 15.2 Å². The maximum Gasteiger partial charge on any atom is 0.162 e. The average molecular weight is 442 g/mol. The number of carbonyl (C=O) groups is 1. The number of rotatable bonds is 5. The molecule has 3 heterocycles. The fourth-order valence-electron chi connectivity index (χ4n) is 4.04. The summed E-state index contributed by atoms with van der Waals surface area (Å²) >= 11 is 6.12. The molecule has 7 heteroatoms. The highest BCUT2D eigenvalue weighted by atomic mass is 35.5. The zero-order chi connectivity index (χ0) is 22.1. The first-order valence-electron chi connectivity index (χ1n) is 10.4. The predicted octanol–water partition coefficient (Wildman–Crippen LogP) is 4.72. The Bertz CT molecular complexity index is 1310. The van der Waals surface area contributed by atoms with Crippen molar-refractivity contribution in [1.82, 2.24) is 19.7 Å². The molecule has 5 rings (SSSR count). The minimum absolute atomic E-state index is 0.0820. The second kappa shape index (κ2) is 8.48. The second-order valence-corrected chi connectivity index (χ2v) is 8.17. The number of carbonyl (C=O) groups excluding carboxylic acids is 1. The van der Waals surface area contributed by atoms with Gasteiger partial charge in [0.15, 0.2) is 5.82 Å². The fraction of sp³-hybridized carbons (Fsp3) is 0.160. The Hall–Kier alpha value is -3.64. The van der Waals surface area contributed by atoms with E-state index >= 15 is 0 Å². The van der Waals surface area contributed by atoms with E-state index in [1.54, 1.807) is 12.4 Å². The minimum atomic E-state index is -0.455. The van der Waals surface area contributed by atoms with E-state index in [9.17, 15) is 4.79 Å². The van der Waals surface area contributed by atoms with Gasteiger partial charge in [-0.25, -0.2) is 0 Å². The number of aryl methyl sites for hydroxylation is 1. The van der Waals surface area contributed by atoms with Crippen LogP contribution >= 0.6 is 11.6 Å². The van der Waals surface area contributed by atoms with Crippen LogP contribution in [-0.4, -0.2) is 31.2 Å². The number of benzene rings is 2. The number of hydrogen-bond donors (Lipinski definition) is 0. The summed E-state index contributed by atoms with van der Waals surface area (Å²) in [5.74, 6) is 1.51. The third-order valence-corrected chi connectivity index (χ3v) is 5.77. The van der Waals surface area contributed by atoms with Crippen molar-refractivity contribution in [2.45, 2.75) is 25.8 Å². The second-order valence-electron chi connectivity index (χ2n) is 7.73. The van der Waals surface area contributed by atoms with Crippen LogP contribution in [0, 0.1) is 6.92 Å². The number of para-hydroxylation sites is 1. The summed E-state index contributed by atoms with van der Waals surface area (Å²) in [7, 11) is 0. The zero-order valence-corrected chi connectivity index (χ0v) is 18.2. The normalized spacial score (nSPS) is 14.8. The molecule has 32 heavy (non-hydrogen) atoms. The number of nitrogens with zero attached hydrogens (tertiary/aromatic N) is 5. The highest BCUT2D eigenvalue weighted by Crippen LogP contribution is 2.33. The van der Waals surface area contributed by atoms with E-state index in [1.807, 2.05) is 72.2 Å². The maximum absolute atomic E-state index is 13.0. The van der Waals surface area contributed by atoms with Gasteiger partial charge >= 0.3 is 0 Å². The quantitative estimate of drug-likeness (QED) is 0.449. The molecule has 4 aromatic rings. The summed E-state index contributed by atoms with van der Waals surface area (Å²) in [4.78, 5) is 22.1. The molecule has 158 valence electrons. The Morgan fingerprint density at radius 1 is 1.00 bits per heavy atom. The van der Waals surface area contributed by atoms with E-state index in [0.717, 1.165) is 33.9 Å². The first kappa shape index (κ1) is 20.3. The Balaban J connectivity index is 1.61. The predicted molar refractivity (Wildman–Crippen MR) is 123 cm³/mol. The van der Waals surface area contributed by atoms with Crippen LogP contribution in [0.4, 0.5) is 0 Å². The van der Waals surface area contributed by atoms with Crippen LogP contribution in [0.25, 0.3) is 5.69 Å². The van der Waals surface area contributed by atoms with E-state index in [4.69, 9.17) is 16.6 Å². The van der Waals surface area contributed by atoms with Gasteiger partial charge < -0.3 is 0 Å². The molecule has 0 aliphatic carbocycles. The lowest BCUT2D eigenvalue weighted by molar-refractivity contribution is -0.118. The van der Waals surface area contributed by atoms with Gasteiger partial charge in [-0.15, -0.1) is 10.2 Å². The number of Topliss-reactive ketones (excluding diaryl/α,β-unsaturated/α-hetero) is 1. The molecular weight excluding hydrogens is 422 g/mol. The summed E-state index contributed by atoms with van der Waals surface area (Å²) in [6.07, 6.45) is 3.94. The first-order valence-corrected chi connectivity index (χ1v) is 10.7. The van der Waals surface area contributed by atoms with E-state index < -0.39 is 6.04 Å². The van der Waals surface area contributed by atoms with Gasteiger partial charge in [0.25, 0.3) is 0 Å². The van der Waals surface area contributed by atoms with Crippen molar-refractivity contribution < 1.29 is 4.79 Å². The molecule has 0 N–H and O–H groups in total. The summed E-state index contributed by atoms with van der Waals surface area (Å²) in [5, 5.41) is 9.38. The van der Waals surface area contributed by atoms with Crippen molar-refractivity contribution in [3.8, 4) is 5.69 Å². The highest BCUT2D eigenvalue weighted by molar-refractivity contribution is 6.30. The van der Waals surface area contributed by atoms with Gasteiger partial charge in [-0.1, -0.05) is 41.9 Å². The molecule has 1 atom stereocenters. The zero-order valence-electron chi connectivity index (χ0n) is 17.4. The number of ketones is 1. The molecule has 0 fully saturated rings. The highest BCUT2D eigenvalue weighted by Gasteiger charge is 2.29. The van der Waals surface area contributed by atoms with Crippen molar-refractivity contribution in [2.75, 3.05) is 0 Å². The van der Waals surface area contributed by atoms with Gasteiger partial charge in [-0.05, 0) is 42.8 Å². The van der Waals surface area contributed by atoms with Crippen molar-refractivity contribution in [3.05, 3.63) is 106 Å². The van der Waals surface area contributed by atoms with Gasteiger partial charge in [-0.2, -0.15) is 0 Å². The van der Waals surface area contributed by atoms with Gasteiger partial charge in [-0.3, -0.25) is 19.3 Å². The first-order chi connectivity index (χ1) is 15.6. The van der Waals surface area contributed by atoms with Crippen LogP contribution in [0.15, 0.2) is 78.0 Å². The number of aromatic nitrogens is 4. The van der Waals surface area contributed by atoms with Crippen LogP contribution in [0.3, 0.4) is 0 Å². The number of fused-ring (bicyclic) bond motifs is 3. The summed E-state index contributed by atoms with van der Waals surface area (Å²) in [5.41, 5.74) is 4.58. The van der Waals surface area contributed by atoms with Crippen LogP contribution in [0.1, 0.15) is 40.8 Å². The lowest BCUT2D eigenvalue weighted by Crippen LogP contribution is -2.12. The molecule has 0 spiro atoms. The van der Waals surface area contributed by atoms with E-state index in [-0.39, 0.29) is 12.2 Å². The summed E-state index contributed by atoms with van der Waals surface area (Å²) in [6, 6.07) is 18.9. The van der Waals surface area contributed by atoms with Gasteiger partial charge in [0.05, 0.1) is 11.4 Å². The number of aliphatic imine (C=N–C) groups is 1. The van der Waals surface area contributed by atoms with Crippen LogP contribution < -0.4 is 0 Å². The smallest absolute Gasteiger partial charge is 0.162 e. The van der Waals surface area contributed by atoms with Crippen LogP contribution in [0.2, 0.25) is 5.02 Å². The van der Waals surface area contributed by atoms with E-state index in [1.165, 1.54) is 0 Å². The molecule has 0 radical (unpaired) electrons. The van der Waals surface area contributed by atoms with Crippen LogP contribution in [0.5, 0.6) is 0 Å². The third-order valence-electron chi connectivity index (χ3n) is 5.52. The van der Waals surface area contributed by atoms with Crippen LogP contribution in [-0.2, 0) is 11.2 Å². The van der Waals surface area contributed by atoms with Crippen molar-refractivity contribution >= 4 is 23.1 Å². The molecule has 0 saturated heterocycles. The molecule has 0 saturated carbocycles. The Morgan fingerprint density at radius 3 is 2.53 bits per heavy atom. The molecule has 2 aromatic carbocycles. The van der Waals surface area contributed by atoms with Crippen molar-refractivity contribution in [3.63, 3.8) is 0 Å². The van der Waals surface area contributed by atoms with Crippen molar-refractivity contribution in [1.29, 1.82) is 0 Å². The maximum atomic E-state index is 13.0. The number of pyridine rings is 1. The minimum Gasteiger partial charge on any atom is -0.299 e. The molecule has 0 amide bonds. The Kier molecular flexibility index (Phi) is 5.37. The van der Waals surface area contributed by atoms with Gasteiger partial charge in [0.1, 0.15) is 17.6 Å². The lowest BCUT2D eigenvalue weighted by atomic mass is 10.00. The van der Waals surface area contributed by atoms with E-state index in [0.29, 0.717) is 17.3 Å². The largest absolute Gasteiger partial charge is 0.299 e. The molecule has 0 bridgehead atoms. The SMILES string of the molecule is Cc1nnc2n1-c1ccccc1C(c1ccc(Cl)cc1)=NC2CC(=O)Cc1ccncc1. The Labute approximate surface area is 190 Å². The summed E-state index contributed by atoms with van der Waals surface area (Å²) in [6.45, 7) is 1.91. The van der Waals surface area contributed by atoms with Gasteiger partial charge in [0, 0.05) is 41.4 Å². The Morgan fingerprint density at radius 2 is 1.75 bits per heavy atom. The lowest BCUT2D eigenvalue weighted by Gasteiger charge is -2.12. The topological polar surface area (TPSA) is 73.0 Å². The molecule has 1 aliphatic rings. The monoisotopic (exact) mass is 441 g/mol. The van der Waals surface area contributed by atoms with Gasteiger partial charge in [0.2, 0.25) is 0 Å². The summed E-state index contributed by atoms with van der Waals surface area (Å²) < 4.78 is 2.01. The number of hydrogen-bond acceptors (Lipinski definition) is 5. The molecule has 1 aliphatic heterocycles. The number of halogens is 1. The molecule has 6 nitrogen and oxygen atoms in total. The average Bonchev–Trinajstić information content (AvgIpc) is 3.13. The van der Waals surface area contributed by atoms with Crippen molar-refractivity contribution in [2.24, 2.45) is 4.99 Å². The molecular formula is C25H20ClN5O. The molecule has 1 unspecified atom stereocenters. The third kappa shape index (κ3) is 3.85. The fourth-order valence-corrected chi connectivity index (χ4v) is 4.16. The standard InChI is InChI=1S/C25H20ClN5O/c1-16-29-30-25-22(15-20(32)14-17-10-12-27-13-11-17)28-24(18-6-8-19(26)9-7-18)21-4-2-3-5-23(21)31(16)25/h2-13,22H,14-15H2,1H3. The molecule has 2 aromatic heterocycles.